The molecule has 0 bridgehead atoms. The van der Waals surface area contributed by atoms with Gasteiger partial charge in [-0.3, -0.25) is 4.79 Å². The summed E-state index contributed by atoms with van der Waals surface area (Å²) in [4.78, 5) is 12.6. The standard InChI is InChI=1S/C29H33ClO3/c1-3-5-6-8-21-11-15-23(16-12-21)24-17-13-22(14-18-24)9-7-10-26(31)25-19-20-27(33-4-2)28(30)29(25)32/h11-20,32H,3-10H2,1-2H3. The third kappa shape index (κ3) is 6.85. The number of aryl methyl sites for hydroxylation is 2. The monoisotopic (exact) mass is 464 g/mol. The molecule has 33 heavy (non-hydrogen) atoms. The predicted octanol–water partition coefficient (Wildman–Crippen LogP) is 8.05. The molecular weight excluding hydrogens is 432 g/mol. The van der Waals surface area contributed by atoms with Crippen molar-refractivity contribution in [3.05, 3.63) is 82.4 Å². The summed E-state index contributed by atoms with van der Waals surface area (Å²) in [5, 5.41) is 10.4. The first-order valence-electron chi connectivity index (χ1n) is 11.9. The summed E-state index contributed by atoms with van der Waals surface area (Å²) in [6.45, 7) is 4.51. The maximum absolute atomic E-state index is 12.6. The minimum atomic E-state index is -0.201. The number of halogens is 1. The Labute approximate surface area is 202 Å². The molecule has 0 aliphatic carbocycles. The highest BCUT2D eigenvalue weighted by Gasteiger charge is 2.17. The summed E-state index contributed by atoms with van der Waals surface area (Å²) in [5.41, 5.74) is 5.25. The van der Waals surface area contributed by atoms with Gasteiger partial charge in [0.1, 0.15) is 16.5 Å². The van der Waals surface area contributed by atoms with Gasteiger partial charge in [0.15, 0.2) is 5.78 Å². The van der Waals surface area contributed by atoms with Crippen molar-refractivity contribution in [3.8, 4) is 22.6 Å². The van der Waals surface area contributed by atoms with Gasteiger partial charge >= 0.3 is 0 Å². The van der Waals surface area contributed by atoms with E-state index in [1.165, 1.54) is 41.5 Å². The molecule has 1 N–H and O–H groups in total. The normalized spacial score (nSPS) is 10.9. The molecule has 0 aliphatic rings. The molecule has 3 aromatic rings. The Morgan fingerprint density at radius 1 is 0.818 bits per heavy atom. The lowest BCUT2D eigenvalue weighted by molar-refractivity contribution is 0.0977. The number of unbranched alkanes of at least 4 members (excludes halogenated alkanes) is 2. The summed E-state index contributed by atoms with van der Waals surface area (Å²) in [5.74, 6) is 0.0703. The smallest absolute Gasteiger partial charge is 0.166 e. The minimum absolute atomic E-state index is 0.0901. The van der Waals surface area contributed by atoms with E-state index in [1.54, 1.807) is 12.1 Å². The fourth-order valence-corrected chi connectivity index (χ4v) is 4.15. The SMILES string of the molecule is CCCCCc1ccc(-c2ccc(CCCC(=O)c3ccc(OCC)c(Cl)c3O)cc2)cc1. The topological polar surface area (TPSA) is 46.5 Å². The van der Waals surface area contributed by atoms with Crippen LogP contribution in [0.25, 0.3) is 11.1 Å². The van der Waals surface area contributed by atoms with E-state index in [-0.39, 0.29) is 22.1 Å². The molecule has 0 saturated heterocycles. The first kappa shape index (κ1) is 24.9. The average molecular weight is 465 g/mol. The molecule has 4 heteroatoms. The van der Waals surface area contributed by atoms with E-state index >= 15 is 0 Å². The molecule has 0 amide bonds. The molecular formula is C29H33ClO3. The van der Waals surface area contributed by atoms with Crippen molar-refractivity contribution in [3.63, 3.8) is 0 Å². The minimum Gasteiger partial charge on any atom is -0.505 e. The van der Waals surface area contributed by atoms with Crippen LogP contribution in [0.15, 0.2) is 60.7 Å². The number of Topliss-reactive ketones (excluding diaryl/α,β-unsaturated/α-hetero) is 1. The van der Waals surface area contributed by atoms with Crippen LogP contribution in [0.3, 0.4) is 0 Å². The molecule has 0 heterocycles. The van der Waals surface area contributed by atoms with E-state index in [2.05, 4.69) is 55.5 Å². The van der Waals surface area contributed by atoms with Crippen molar-refractivity contribution >= 4 is 17.4 Å². The third-order valence-corrected chi connectivity index (χ3v) is 6.23. The first-order valence-corrected chi connectivity index (χ1v) is 12.3. The highest BCUT2D eigenvalue weighted by Crippen LogP contribution is 2.36. The average Bonchev–Trinajstić information content (AvgIpc) is 2.83. The van der Waals surface area contributed by atoms with E-state index in [9.17, 15) is 9.90 Å². The van der Waals surface area contributed by atoms with E-state index in [1.807, 2.05) is 6.92 Å². The van der Waals surface area contributed by atoms with Gasteiger partial charge in [-0.25, -0.2) is 0 Å². The van der Waals surface area contributed by atoms with Gasteiger partial charge in [-0.15, -0.1) is 0 Å². The van der Waals surface area contributed by atoms with Crippen molar-refractivity contribution in [1.82, 2.24) is 0 Å². The molecule has 0 aliphatic heterocycles. The zero-order valence-corrected chi connectivity index (χ0v) is 20.3. The van der Waals surface area contributed by atoms with Crippen molar-refractivity contribution in [2.45, 2.75) is 58.8 Å². The van der Waals surface area contributed by atoms with Gasteiger partial charge in [0.2, 0.25) is 0 Å². The molecule has 3 aromatic carbocycles. The number of phenolic OH excluding ortho intramolecular Hbond substituents is 1. The number of hydrogen-bond acceptors (Lipinski definition) is 3. The summed E-state index contributed by atoms with van der Waals surface area (Å²) in [6, 6.07) is 20.6. The highest BCUT2D eigenvalue weighted by atomic mass is 35.5. The van der Waals surface area contributed by atoms with Crippen LogP contribution in [0.4, 0.5) is 0 Å². The van der Waals surface area contributed by atoms with Gasteiger partial charge in [-0.05, 0) is 67.0 Å². The quantitative estimate of drug-likeness (QED) is 0.218. The Kier molecular flexibility index (Phi) is 9.38. The molecule has 0 aromatic heterocycles. The van der Waals surface area contributed by atoms with E-state index < -0.39 is 0 Å². The second-order valence-corrected chi connectivity index (χ2v) is 8.71. The summed E-state index contributed by atoms with van der Waals surface area (Å²) in [7, 11) is 0. The van der Waals surface area contributed by atoms with Crippen LogP contribution in [0.2, 0.25) is 5.02 Å². The second-order valence-electron chi connectivity index (χ2n) is 8.33. The Morgan fingerprint density at radius 2 is 1.39 bits per heavy atom. The number of hydrogen-bond donors (Lipinski definition) is 1. The van der Waals surface area contributed by atoms with Crippen molar-refractivity contribution in [1.29, 1.82) is 0 Å². The molecule has 0 saturated carbocycles. The molecule has 0 unspecified atom stereocenters. The fraction of sp³-hybridized carbons (Fsp3) is 0.345. The van der Waals surface area contributed by atoms with Crippen molar-refractivity contribution in [2.75, 3.05) is 6.61 Å². The molecule has 3 rings (SSSR count). The second kappa shape index (κ2) is 12.5. The summed E-state index contributed by atoms with van der Waals surface area (Å²) >= 11 is 6.13. The Morgan fingerprint density at radius 3 is 1.94 bits per heavy atom. The highest BCUT2D eigenvalue weighted by molar-refractivity contribution is 6.34. The van der Waals surface area contributed by atoms with Crippen LogP contribution in [-0.2, 0) is 12.8 Å². The zero-order valence-electron chi connectivity index (χ0n) is 19.6. The van der Waals surface area contributed by atoms with Crippen LogP contribution >= 0.6 is 11.6 Å². The van der Waals surface area contributed by atoms with Gasteiger partial charge in [0.05, 0.1) is 12.2 Å². The molecule has 3 nitrogen and oxygen atoms in total. The summed E-state index contributed by atoms with van der Waals surface area (Å²) < 4.78 is 5.36. The number of ketones is 1. The number of benzene rings is 3. The third-order valence-electron chi connectivity index (χ3n) is 5.86. The molecule has 0 fully saturated rings. The van der Waals surface area contributed by atoms with Crippen LogP contribution < -0.4 is 4.74 Å². The summed E-state index contributed by atoms with van der Waals surface area (Å²) in [6.07, 6.45) is 6.77. The maximum Gasteiger partial charge on any atom is 0.166 e. The van der Waals surface area contributed by atoms with Crippen molar-refractivity contribution < 1.29 is 14.6 Å². The van der Waals surface area contributed by atoms with Crippen molar-refractivity contribution in [2.24, 2.45) is 0 Å². The van der Waals surface area contributed by atoms with Gasteiger partial charge in [0.25, 0.3) is 0 Å². The lowest BCUT2D eigenvalue weighted by Crippen LogP contribution is -2.02. The molecule has 0 radical (unpaired) electrons. The molecule has 0 atom stereocenters. The van der Waals surface area contributed by atoms with E-state index in [0.29, 0.717) is 25.2 Å². The largest absolute Gasteiger partial charge is 0.505 e. The number of carbonyl (C=O) groups excluding carboxylic acids is 1. The fourth-order valence-electron chi connectivity index (χ4n) is 3.93. The lowest BCUT2D eigenvalue weighted by atomic mass is 9.98. The van der Waals surface area contributed by atoms with E-state index in [4.69, 9.17) is 16.3 Å². The van der Waals surface area contributed by atoms with E-state index in [0.717, 1.165) is 12.8 Å². The Bertz CT molecular complexity index is 1040. The van der Waals surface area contributed by atoms with Crippen LogP contribution in [0.1, 0.15) is 67.4 Å². The van der Waals surface area contributed by atoms with Gasteiger partial charge in [-0.2, -0.15) is 0 Å². The zero-order chi connectivity index (χ0) is 23.6. The van der Waals surface area contributed by atoms with Gasteiger partial charge in [-0.1, -0.05) is 79.9 Å². The Hall–Kier alpha value is -2.78. The first-order chi connectivity index (χ1) is 16.0. The van der Waals surface area contributed by atoms with Crippen LogP contribution in [0.5, 0.6) is 11.5 Å². The molecule has 174 valence electrons. The van der Waals surface area contributed by atoms with Crippen LogP contribution in [0, 0.1) is 0 Å². The number of aromatic hydroxyl groups is 1. The lowest BCUT2D eigenvalue weighted by Gasteiger charge is -2.10. The number of ether oxygens (including phenoxy) is 1. The molecule has 0 spiro atoms. The predicted molar refractivity (Wildman–Crippen MR) is 137 cm³/mol. The number of carbonyl (C=O) groups is 1. The Balaban J connectivity index is 1.52. The van der Waals surface area contributed by atoms with Gasteiger partial charge in [0, 0.05) is 6.42 Å². The van der Waals surface area contributed by atoms with Gasteiger partial charge < -0.3 is 9.84 Å². The number of rotatable bonds is 12. The van der Waals surface area contributed by atoms with Crippen LogP contribution in [-0.4, -0.2) is 17.5 Å². The number of phenols is 1. The maximum atomic E-state index is 12.6.